The summed E-state index contributed by atoms with van der Waals surface area (Å²) < 4.78 is 15.2. The monoisotopic (exact) mass is 331 g/mol. The minimum absolute atomic E-state index is 0.132. The molecule has 8 nitrogen and oxygen atoms in total. The summed E-state index contributed by atoms with van der Waals surface area (Å²) in [5, 5.41) is 6.24. The molecule has 2 N–H and O–H groups in total. The Morgan fingerprint density at radius 2 is 2.08 bits per heavy atom. The number of furan rings is 1. The van der Waals surface area contributed by atoms with E-state index in [1.165, 1.54) is 25.7 Å². The average molecular weight is 331 g/mol. The van der Waals surface area contributed by atoms with Crippen LogP contribution >= 0.6 is 0 Å². The van der Waals surface area contributed by atoms with Gasteiger partial charge in [-0.1, -0.05) is 0 Å². The average Bonchev–Trinajstić information content (AvgIpc) is 3.14. The summed E-state index contributed by atoms with van der Waals surface area (Å²) in [4.78, 5) is 23.3. The standard InChI is InChI=1S/C16H17N3O5/c1-22-12-5-6-13(23-2)11(8-12)9-18-19-15(20)10-17-16(21)14-4-3-7-24-14/h3-9H,10H2,1-2H3,(H,17,21)(H,19,20)/b18-9+. The van der Waals surface area contributed by atoms with E-state index >= 15 is 0 Å². The summed E-state index contributed by atoms with van der Waals surface area (Å²) in [6.07, 6.45) is 2.80. The number of benzene rings is 1. The largest absolute Gasteiger partial charge is 0.497 e. The van der Waals surface area contributed by atoms with Gasteiger partial charge in [0, 0.05) is 5.56 Å². The molecule has 0 unspecified atom stereocenters. The van der Waals surface area contributed by atoms with Crippen LogP contribution in [0.2, 0.25) is 0 Å². The lowest BCUT2D eigenvalue weighted by atomic mass is 10.2. The van der Waals surface area contributed by atoms with E-state index in [4.69, 9.17) is 13.9 Å². The highest BCUT2D eigenvalue weighted by Crippen LogP contribution is 2.22. The van der Waals surface area contributed by atoms with Crippen molar-refractivity contribution in [2.24, 2.45) is 5.10 Å². The van der Waals surface area contributed by atoms with Crippen molar-refractivity contribution in [2.75, 3.05) is 20.8 Å². The highest BCUT2D eigenvalue weighted by Gasteiger charge is 2.09. The molecule has 0 saturated carbocycles. The molecule has 0 spiro atoms. The third-order valence-corrected chi connectivity index (χ3v) is 2.98. The van der Waals surface area contributed by atoms with Crippen LogP contribution < -0.4 is 20.2 Å². The molecule has 0 aliphatic carbocycles. The fourth-order valence-electron chi connectivity index (χ4n) is 1.81. The molecule has 0 atom stereocenters. The van der Waals surface area contributed by atoms with E-state index in [1.807, 2.05) is 0 Å². The van der Waals surface area contributed by atoms with Gasteiger partial charge in [-0.05, 0) is 30.3 Å². The number of nitrogens with zero attached hydrogens (tertiary/aromatic N) is 1. The molecule has 8 heteroatoms. The van der Waals surface area contributed by atoms with Crippen LogP contribution in [0.3, 0.4) is 0 Å². The quantitative estimate of drug-likeness (QED) is 0.586. The Balaban J connectivity index is 1.87. The van der Waals surface area contributed by atoms with Crippen molar-refractivity contribution < 1.29 is 23.5 Å². The Morgan fingerprint density at radius 1 is 1.25 bits per heavy atom. The van der Waals surface area contributed by atoms with Gasteiger partial charge in [0.05, 0.1) is 33.2 Å². The number of amides is 2. The summed E-state index contributed by atoms with van der Waals surface area (Å²) in [6, 6.07) is 8.28. The van der Waals surface area contributed by atoms with Gasteiger partial charge in [0.2, 0.25) is 0 Å². The normalized spacial score (nSPS) is 10.4. The highest BCUT2D eigenvalue weighted by atomic mass is 16.5. The van der Waals surface area contributed by atoms with Gasteiger partial charge in [0.1, 0.15) is 11.5 Å². The summed E-state index contributed by atoms with van der Waals surface area (Å²) in [5.41, 5.74) is 2.95. The second kappa shape index (κ2) is 8.37. The number of ether oxygens (including phenoxy) is 2. The molecule has 1 aromatic carbocycles. The van der Waals surface area contributed by atoms with Gasteiger partial charge < -0.3 is 19.2 Å². The van der Waals surface area contributed by atoms with E-state index in [1.54, 1.807) is 31.4 Å². The van der Waals surface area contributed by atoms with E-state index in [0.29, 0.717) is 17.1 Å². The van der Waals surface area contributed by atoms with Gasteiger partial charge in [0.15, 0.2) is 5.76 Å². The van der Waals surface area contributed by atoms with Crippen LogP contribution in [0.1, 0.15) is 16.1 Å². The number of methoxy groups -OCH3 is 2. The first-order chi connectivity index (χ1) is 11.6. The Bertz CT molecular complexity index is 725. The van der Waals surface area contributed by atoms with Crippen molar-refractivity contribution in [2.45, 2.75) is 0 Å². The second-order valence-corrected chi connectivity index (χ2v) is 4.56. The van der Waals surface area contributed by atoms with Crippen LogP contribution in [0.15, 0.2) is 46.1 Å². The summed E-state index contributed by atoms with van der Waals surface area (Å²) in [6.45, 7) is -0.230. The maximum atomic E-state index is 11.7. The molecule has 1 heterocycles. The zero-order chi connectivity index (χ0) is 17.4. The molecule has 2 aromatic rings. The van der Waals surface area contributed by atoms with Crippen molar-refractivity contribution in [1.82, 2.24) is 10.7 Å². The number of carbonyl (C=O) groups is 2. The molecule has 0 fully saturated rings. The lowest BCUT2D eigenvalue weighted by Gasteiger charge is -2.07. The minimum Gasteiger partial charge on any atom is -0.497 e. The third kappa shape index (κ3) is 4.60. The smallest absolute Gasteiger partial charge is 0.287 e. The van der Waals surface area contributed by atoms with Crippen molar-refractivity contribution >= 4 is 18.0 Å². The zero-order valence-electron chi connectivity index (χ0n) is 13.2. The van der Waals surface area contributed by atoms with Gasteiger partial charge in [-0.3, -0.25) is 9.59 Å². The Morgan fingerprint density at radius 3 is 2.75 bits per heavy atom. The van der Waals surface area contributed by atoms with Crippen LogP contribution in [0, 0.1) is 0 Å². The fourth-order valence-corrected chi connectivity index (χ4v) is 1.81. The molecule has 24 heavy (non-hydrogen) atoms. The van der Waals surface area contributed by atoms with Crippen molar-refractivity contribution in [3.05, 3.63) is 47.9 Å². The number of nitrogens with one attached hydrogen (secondary N) is 2. The highest BCUT2D eigenvalue weighted by molar-refractivity contribution is 5.94. The number of carbonyl (C=O) groups excluding carboxylic acids is 2. The summed E-state index contributed by atoms with van der Waals surface area (Å²) in [5.74, 6) is 0.392. The van der Waals surface area contributed by atoms with Crippen molar-refractivity contribution in [1.29, 1.82) is 0 Å². The molecule has 0 saturated heterocycles. The molecular formula is C16H17N3O5. The van der Waals surface area contributed by atoms with Gasteiger partial charge >= 0.3 is 0 Å². The molecule has 0 aliphatic rings. The maximum absolute atomic E-state index is 11.7. The van der Waals surface area contributed by atoms with Crippen molar-refractivity contribution in [3.8, 4) is 11.5 Å². The Kier molecular flexibility index (Phi) is 5.95. The Labute approximate surface area is 138 Å². The first-order valence-electron chi connectivity index (χ1n) is 6.99. The molecule has 1 aromatic heterocycles. The molecule has 2 rings (SSSR count). The van der Waals surface area contributed by atoms with E-state index < -0.39 is 11.8 Å². The molecular weight excluding hydrogens is 314 g/mol. The second-order valence-electron chi connectivity index (χ2n) is 4.56. The van der Waals surface area contributed by atoms with E-state index in [-0.39, 0.29) is 12.3 Å². The first-order valence-corrected chi connectivity index (χ1v) is 6.99. The fraction of sp³-hybridized carbons (Fsp3) is 0.188. The molecule has 0 aliphatic heterocycles. The van der Waals surface area contributed by atoms with Gasteiger partial charge in [-0.2, -0.15) is 5.10 Å². The van der Waals surface area contributed by atoms with Crippen LogP contribution in [0.25, 0.3) is 0 Å². The van der Waals surface area contributed by atoms with Gasteiger partial charge in [0.25, 0.3) is 11.8 Å². The lowest BCUT2D eigenvalue weighted by molar-refractivity contribution is -0.120. The van der Waals surface area contributed by atoms with E-state index in [0.717, 1.165) is 0 Å². The predicted octanol–water partition coefficient (Wildman–Crippen LogP) is 1.18. The van der Waals surface area contributed by atoms with Crippen molar-refractivity contribution in [3.63, 3.8) is 0 Å². The molecule has 0 radical (unpaired) electrons. The van der Waals surface area contributed by atoms with Crippen LogP contribution in [-0.4, -0.2) is 38.8 Å². The zero-order valence-corrected chi connectivity index (χ0v) is 13.2. The maximum Gasteiger partial charge on any atom is 0.287 e. The number of rotatable bonds is 7. The predicted molar refractivity (Wildman–Crippen MR) is 86.3 cm³/mol. The number of hydrazone groups is 1. The third-order valence-electron chi connectivity index (χ3n) is 2.98. The van der Waals surface area contributed by atoms with E-state index in [2.05, 4.69) is 15.8 Å². The summed E-state index contributed by atoms with van der Waals surface area (Å²) >= 11 is 0. The number of hydrogen-bond donors (Lipinski definition) is 2. The number of hydrogen-bond acceptors (Lipinski definition) is 6. The van der Waals surface area contributed by atoms with Gasteiger partial charge in [-0.25, -0.2) is 5.43 Å². The summed E-state index contributed by atoms with van der Waals surface area (Å²) in [7, 11) is 3.08. The first kappa shape index (κ1) is 17.1. The SMILES string of the molecule is COc1ccc(OC)c(/C=N/NC(=O)CNC(=O)c2ccco2)c1. The molecule has 2 amide bonds. The molecule has 0 bridgehead atoms. The van der Waals surface area contributed by atoms with Gasteiger partial charge in [-0.15, -0.1) is 0 Å². The molecule has 126 valence electrons. The van der Waals surface area contributed by atoms with E-state index in [9.17, 15) is 9.59 Å². The Hall–Kier alpha value is -3.29. The minimum atomic E-state index is -0.479. The van der Waals surface area contributed by atoms with Crippen LogP contribution in [-0.2, 0) is 4.79 Å². The van der Waals surface area contributed by atoms with Crippen LogP contribution in [0.5, 0.6) is 11.5 Å². The topological polar surface area (TPSA) is 102 Å². The van der Waals surface area contributed by atoms with Crippen LogP contribution in [0.4, 0.5) is 0 Å². The lowest BCUT2D eigenvalue weighted by Crippen LogP contribution is -2.34.